The van der Waals surface area contributed by atoms with Gasteiger partial charge >= 0.3 is 0 Å². The smallest absolute Gasteiger partial charge is 0.270 e. The number of aliphatic hydroxyl groups excluding tert-OH is 1. The number of methoxy groups -OCH3 is 1. The first-order valence-electron chi connectivity index (χ1n) is 6.05. The minimum absolute atomic E-state index is 0.149. The summed E-state index contributed by atoms with van der Waals surface area (Å²) in [6.45, 7) is 0.369. The van der Waals surface area contributed by atoms with Crippen LogP contribution in [0, 0.1) is 10.1 Å². The average Bonchev–Trinajstić information content (AvgIpc) is 2.45. The third-order valence-electron chi connectivity index (χ3n) is 2.83. The van der Waals surface area contributed by atoms with Gasteiger partial charge in [0.2, 0.25) is 0 Å². The van der Waals surface area contributed by atoms with E-state index in [1.54, 1.807) is 11.9 Å². The predicted octanol–water partition coefficient (Wildman–Crippen LogP) is 0.133. The molecule has 0 heterocycles. The lowest BCUT2D eigenvalue weighted by molar-refractivity contribution is -0.384. The molecular formula is C12H18N4O5. The number of anilines is 1. The van der Waals surface area contributed by atoms with Gasteiger partial charge in [0.15, 0.2) is 5.84 Å². The average molecular weight is 298 g/mol. The highest BCUT2D eigenvalue weighted by molar-refractivity contribution is 6.02. The molecule has 9 nitrogen and oxygen atoms in total. The summed E-state index contributed by atoms with van der Waals surface area (Å²) >= 11 is 0. The molecule has 9 heteroatoms. The molecule has 4 N–H and O–H groups in total. The van der Waals surface area contributed by atoms with Gasteiger partial charge in [-0.05, 0) is 6.07 Å². The Hall–Kier alpha value is -2.39. The molecule has 0 spiro atoms. The van der Waals surface area contributed by atoms with Crippen LogP contribution in [0.1, 0.15) is 5.56 Å². The van der Waals surface area contributed by atoms with E-state index in [-0.39, 0.29) is 30.2 Å². The summed E-state index contributed by atoms with van der Waals surface area (Å²) in [7, 11) is 3.14. The zero-order chi connectivity index (χ0) is 16.0. The van der Waals surface area contributed by atoms with Gasteiger partial charge in [-0.3, -0.25) is 10.1 Å². The first kappa shape index (κ1) is 16.7. The molecule has 21 heavy (non-hydrogen) atoms. The van der Waals surface area contributed by atoms with Crippen molar-refractivity contribution in [3.8, 4) is 0 Å². The Bertz CT molecular complexity index is 534. The molecule has 1 unspecified atom stereocenters. The number of aliphatic hydroxyl groups is 1. The van der Waals surface area contributed by atoms with Crippen molar-refractivity contribution in [1.29, 1.82) is 0 Å². The van der Waals surface area contributed by atoms with E-state index in [9.17, 15) is 15.2 Å². The minimum Gasteiger partial charge on any atom is -0.409 e. The van der Waals surface area contributed by atoms with Crippen LogP contribution in [-0.2, 0) is 4.74 Å². The van der Waals surface area contributed by atoms with E-state index < -0.39 is 11.0 Å². The number of nitrogens with two attached hydrogens (primary N) is 1. The SMILES string of the molecule is COCC(O)CN(C)c1ccc([N+](=O)[O-])cc1C(N)=NO. The highest BCUT2D eigenvalue weighted by atomic mass is 16.6. The molecule has 0 aromatic heterocycles. The van der Waals surface area contributed by atoms with E-state index in [1.807, 2.05) is 0 Å². The molecule has 0 aliphatic carbocycles. The number of nitro benzene ring substituents is 1. The van der Waals surface area contributed by atoms with Gasteiger partial charge in [0.1, 0.15) is 0 Å². The normalized spacial score (nSPS) is 13.0. The molecule has 0 fully saturated rings. The van der Waals surface area contributed by atoms with Crippen molar-refractivity contribution in [1.82, 2.24) is 0 Å². The van der Waals surface area contributed by atoms with E-state index in [0.29, 0.717) is 5.69 Å². The van der Waals surface area contributed by atoms with Gasteiger partial charge in [-0.15, -0.1) is 0 Å². The Morgan fingerprint density at radius 3 is 2.81 bits per heavy atom. The van der Waals surface area contributed by atoms with Gasteiger partial charge in [0, 0.05) is 38.5 Å². The second kappa shape index (κ2) is 7.41. The summed E-state index contributed by atoms with van der Waals surface area (Å²) in [6.07, 6.45) is -0.740. The number of hydrogen-bond acceptors (Lipinski definition) is 7. The van der Waals surface area contributed by atoms with E-state index in [0.717, 1.165) is 0 Å². The van der Waals surface area contributed by atoms with Crippen LogP contribution in [-0.4, -0.2) is 54.5 Å². The van der Waals surface area contributed by atoms with E-state index in [4.69, 9.17) is 15.7 Å². The maximum absolute atomic E-state index is 10.8. The predicted molar refractivity (Wildman–Crippen MR) is 76.8 cm³/mol. The monoisotopic (exact) mass is 298 g/mol. The molecule has 0 saturated carbocycles. The number of nitro groups is 1. The van der Waals surface area contributed by atoms with Crippen molar-refractivity contribution >= 4 is 17.2 Å². The number of oxime groups is 1. The summed E-state index contributed by atoms with van der Waals surface area (Å²) in [6, 6.07) is 4.00. The van der Waals surface area contributed by atoms with Crippen molar-refractivity contribution in [3.63, 3.8) is 0 Å². The quantitative estimate of drug-likeness (QED) is 0.214. The molecule has 116 valence electrons. The Morgan fingerprint density at radius 1 is 1.62 bits per heavy atom. The number of rotatable bonds is 7. The fourth-order valence-electron chi connectivity index (χ4n) is 1.89. The Balaban J connectivity index is 3.13. The van der Waals surface area contributed by atoms with E-state index in [2.05, 4.69) is 5.16 Å². The molecule has 1 rings (SSSR count). The highest BCUT2D eigenvalue weighted by Gasteiger charge is 2.18. The molecule has 0 radical (unpaired) electrons. The Morgan fingerprint density at radius 2 is 2.29 bits per heavy atom. The number of likely N-dealkylation sites (N-methyl/N-ethyl adjacent to an activating group) is 1. The van der Waals surface area contributed by atoms with Gasteiger partial charge in [-0.2, -0.15) is 0 Å². The third-order valence-corrected chi connectivity index (χ3v) is 2.83. The van der Waals surface area contributed by atoms with Crippen LogP contribution >= 0.6 is 0 Å². The zero-order valence-electron chi connectivity index (χ0n) is 11.8. The molecule has 1 atom stereocenters. The van der Waals surface area contributed by atoms with Gasteiger partial charge in [0.25, 0.3) is 5.69 Å². The van der Waals surface area contributed by atoms with Crippen LogP contribution < -0.4 is 10.6 Å². The zero-order valence-corrected chi connectivity index (χ0v) is 11.8. The van der Waals surface area contributed by atoms with Gasteiger partial charge in [-0.1, -0.05) is 5.16 Å². The summed E-state index contributed by atoms with van der Waals surface area (Å²) < 4.78 is 4.84. The topological polar surface area (TPSA) is 134 Å². The summed E-state index contributed by atoms with van der Waals surface area (Å²) in [5.74, 6) is -0.248. The third kappa shape index (κ3) is 4.29. The Labute approximate surface area is 121 Å². The molecule has 0 amide bonds. The largest absolute Gasteiger partial charge is 0.409 e. The van der Waals surface area contributed by atoms with Crippen molar-refractivity contribution in [3.05, 3.63) is 33.9 Å². The van der Waals surface area contributed by atoms with Crippen LogP contribution in [0.5, 0.6) is 0 Å². The highest BCUT2D eigenvalue weighted by Crippen LogP contribution is 2.25. The summed E-state index contributed by atoms with van der Waals surface area (Å²) in [5, 5.41) is 32.2. The maximum atomic E-state index is 10.8. The Kier molecular flexibility index (Phi) is 5.88. The van der Waals surface area contributed by atoms with Crippen molar-refractivity contribution in [2.45, 2.75) is 6.10 Å². The first-order chi connectivity index (χ1) is 9.90. The summed E-state index contributed by atoms with van der Waals surface area (Å²) in [5.41, 5.74) is 6.08. The number of amidine groups is 1. The fraction of sp³-hybridized carbons (Fsp3) is 0.417. The van der Waals surface area contributed by atoms with Crippen molar-refractivity contribution < 1.29 is 20.0 Å². The second-order valence-electron chi connectivity index (χ2n) is 4.43. The lowest BCUT2D eigenvalue weighted by atomic mass is 10.1. The number of benzene rings is 1. The van der Waals surface area contributed by atoms with Crippen LogP contribution in [0.3, 0.4) is 0 Å². The van der Waals surface area contributed by atoms with E-state index >= 15 is 0 Å². The van der Waals surface area contributed by atoms with Crippen molar-refractivity contribution in [2.24, 2.45) is 10.9 Å². The molecule has 1 aromatic carbocycles. The lowest BCUT2D eigenvalue weighted by Crippen LogP contribution is -2.33. The second-order valence-corrected chi connectivity index (χ2v) is 4.43. The summed E-state index contributed by atoms with van der Waals surface area (Å²) in [4.78, 5) is 11.9. The lowest BCUT2D eigenvalue weighted by Gasteiger charge is -2.24. The molecule has 0 bridgehead atoms. The number of non-ortho nitro benzene ring substituents is 1. The standard InChI is InChI=1S/C12H18N4O5/c1-15(6-9(17)7-21-2)11-4-3-8(16(19)20)5-10(11)12(13)14-18/h3-5,9,17-18H,6-7H2,1-2H3,(H2,13,14). The van der Waals surface area contributed by atoms with Gasteiger partial charge in [0.05, 0.1) is 23.2 Å². The van der Waals surface area contributed by atoms with Crippen LogP contribution in [0.25, 0.3) is 0 Å². The van der Waals surface area contributed by atoms with Crippen molar-refractivity contribution in [2.75, 3.05) is 32.2 Å². The molecular weight excluding hydrogens is 280 g/mol. The maximum Gasteiger partial charge on any atom is 0.270 e. The van der Waals surface area contributed by atoms with Crippen LogP contribution in [0.2, 0.25) is 0 Å². The van der Waals surface area contributed by atoms with E-state index in [1.165, 1.54) is 25.3 Å². The molecule has 1 aromatic rings. The molecule has 0 aliphatic rings. The van der Waals surface area contributed by atoms with Gasteiger partial charge in [-0.25, -0.2) is 0 Å². The van der Waals surface area contributed by atoms with Crippen LogP contribution in [0.15, 0.2) is 23.4 Å². The van der Waals surface area contributed by atoms with Gasteiger partial charge < -0.3 is 25.7 Å². The first-order valence-corrected chi connectivity index (χ1v) is 6.05. The molecule has 0 aliphatic heterocycles. The molecule has 0 saturated heterocycles. The minimum atomic E-state index is -0.740. The fourth-order valence-corrected chi connectivity index (χ4v) is 1.89. The number of hydrogen-bond donors (Lipinski definition) is 3. The number of ether oxygens (including phenoxy) is 1. The number of nitrogens with zero attached hydrogens (tertiary/aromatic N) is 3. The van der Waals surface area contributed by atoms with Crippen LogP contribution in [0.4, 0.5) is 11.4 Å².